The molecule has 1 aliphatic heterocycles. The summed E-state index contributed by atoms with van der Waals surface area (Å²) in [5.41, 5.74) is 0.773. The summed E-state index contributed by atoms with van der Waals surface area (Å²) >= 11 is 6.33. The lowest BCUT2D eigenvalue weighted by Crippen LogP contribution is -2.50. The lowest BCUT2D eigenvalue weighted by Gasteiger charge is -2.39. The number of nitrogens with zero attached hydrogens (tertiary/aromatic N) is 4. The van der Waals surface area contributed by atoms with Gasteiger partial charge < -0.3 is 9.26 Å². The van der Waals surface area contributed by atoms with E-state index >= 15 is 0 Å². The van der Waals surface area contributed by atoms with Crippen LogP contribution >= 0.6 is 11.6 Å². The third-order valence-electron chi connectivity index (χ3n) is 4.79. The lowest BCUT2D eigenvalue weighted by molar-refractivity contribution is -0.148. The molecule has 0 aliphatic carbocycles. The van der Waals surface area contributed by atoms with E-state index in [0.29, 0.717) is 29.8 Å². The van der Waals surface area contributed by atoms with Crippen LogP contribution in [-0.2, 0) is 9.53 Å². The quantitative estimate of drug-likeness (QED) is 0.740. The first kappa shape index (κ1) is 18.8. The molecule has 1 aromatic heterocycles. The number of aromatic nitrogens is 2. The molecular weight excluding hydrogens is 356 g/mol. The van der Waals surface area contributed by atoms with Crippen LogP contribution in [0.25, 0.3) is 0 Å². The highest BCUT2D eigenvalue weighted by molar-refractivity contribution is 6.31. The molecule has 0 amide bonds. The van der Waals surface area contributed by atoms with E-state index < -0.39 is 6.04 Å². The third kappa shape index (κ3) is 3.90. The van der Waals surface area contributed by atoms with Gasteiger partial charge in [0.1, 0.15) is 6.04 Å². The van der Waals surface area contributed by atoms with E-state index in [0.717, 1.165) is 18.7 Å². The first-order valence-electron chi connectivity index (χ1n) is 8.62. The Kier molecular flexibility index (Phi) is 5.90. The first-order valence-corrected chi connectivity index (χ1v) is 8.99. The third-order valence-corrected chi connectivity index (χ3v) is 5.13. The van der Waals surface area contributed by atoms with E-state index in [9.17, 15) is 4.79 Å². The van der Waals surface area contributed by atoms with Gasteiger partial charge in [-0.2, -0.15) is 4.98 Å². The molecule has 1 aliphatic rings. The minimum absolute atomic E-state index is 0.0373. The van der Waals surface area contributed by atoms with Gasteiger partial charge in [-0.15, -0.1) is 0 Å². The average molecular weight is 379 g/mol. The second-order valence-corrected chi connectivity index (χ2v) is 6.78. The summed E-state index contributed by atoms with van der Waals surface area (Å²) in [5.74, 6) is 0.952. The number of rotatable bonds is 5. The summed E-state index contributed by atoms with van der Waals surface area (Å²) < 4.78 is 10.3. The van der Waals surface area contributed by atoms with Crippen molar-refractivity contribution in [3.63, 3.8) is 0 Å². The molecule has 2 atom stereocenters. The van der Waals surface area contributed by atoms with Crippen molar-refractivity contribution < 1.29 is 14.1 Å². The first-order chi connectivity index (χ1) is 12.5. The summed E-state index contributed by atoms with van der Waals surface area (Å²) in [6.45, 7) is 6.84. The molecule has 7 nitrogen and oxygen atoms in total. The van der Waals surface area contributed by atoms with Crippen molar-refractivity contribution in [2.75, 3.05) is 33.3 Å². The van der Waals surface area contributed by atoms with Crippen LogP contribution in [0.5, 0.6) is 0 Å². The van der Waals surface area contributed by atoms with Crippen molar-refractivity contribution in [1.29, 1.82) is 0 Å². The summed E-state index contributed by atoms with van der Waals surface area (Å²) in [6, 6.07) is 6.94. The van der Waals surface area contributed by atoms with Gasteiger partial charge >= 0.3 is 5.97 Å². The number of carbonyl (C=O) groups is 1. The molecule has 2 unspecified atom stereocenters. The van der Waals surface area contributed by atoms with Gasteiger partial charge in [0.15, 0.2) is 5.82 Å². The molecule has 0 radical (unpaired) electrons. The zero-order chi connectivity index (χ0) is 18.7. The van der Waals surface area contributed by atoms with Crippen LogP contribution in [0, 0.1) is 6.92 Å². The average Bonchev–Trinajstić information content (AvgIpc) is 3.09. The molecule has 1 fully saturated rings. The number of benzene rings is 1. The Hall–Kier alpha value is -1.96. The SMILES string of the molecule is COC(=O)C(c1ccccc1Cl)N1CCN(C(C)c2nc(C)no2)CC1. The fourth-order valence-corrected chi connectivity index (χ4v) is 3.54. The molecule has 0 bridgehead atoms. The maximum absolute atomic E-state index is 12.4. The number of halogens is 1. The summed E-state index contributed by atoms with van der Waals surface area (Å²) in [4.78, 5) is 21.1. The van der Waals surface area contributed by atoms with Gasteiger partial charge in [-0.25, -0.2) is 4.79 Å². The second-order valence-electron chi connectivity index (χ2n) is 6.37. The standard InChI is InChI=1S/C18H23ClN4O3/c1-12(17-20-13(2)21-26-17)22-8-10-23(11-9-22)16(18(24)25-3)14-6-4-5-7-15(14)19/h4-7,12,16H,8-11H2,1-3H3. The molecular formula is C18H23ClN4O3. The number of carbonyl (C=O) groups excluding carboxylic acids is 1. The molecule has 2 heterocycles. The van der Waals surface area contributed by atoms with Gasteiger partial charge in [-0.3, -0.25) is 9.80 Å². The van der Waals surface area contributed by atoms with Gasteiger partial charge in [0.25, 0.3) is 0 Å². The normalized spacial score (nSPS) is 18.5. The molecule has 2 aromatic rings. The lowest BCUT2D eigenvalue weighted by atomic mass is 10.0. The number of hydrogen-bond acceptors (Lipinski definition) is 7. The van der Waals surface area contributed by atoms with E-state index in [1.165, 1.54) is 7.11 Å². The van der Waals surface area contributed by atoms with Crippen LogP contribution in [0.3, 0.4) is 0 Å². The van der Waals surface area contributed by atoms with E-state index in [-0.39, 0.29) is 12.0 Å². The van der Waals surface area contributed by atoms with Gasteiger partial charge in [0.2, 0.25) is 5.89 Å². The molecule has 3 rings (SSSR count). The largest absolute Gasteiger partial charge is 0.468 e. The van der Waals surface area contributed by atoms with E-state index in [1.807, 2.05) is 25.1 Å². The second kappa shape index (κ2) is 8.16. The number of hydrogen-bond donors (Lipinski definition) is 0. The monoisotopic (exact) mass is 378 g/mol. The zero-order valence-electron chi connectivity index (χ0n) is 15.2. The number of piperazine rings is 1. The van der Waals surface area contributed by atoms with Crippen molar-refractivity contribution >= 4 is 17.6 Å². The molecule has 26 heavy (non-hydrogen) atoms. The van der Waals surface area contributed by atoms with Gasteiger partial charge in [0, 0.05) is 31.2 Å². The summed E-state index contributed by atoms with van der Waals surface area (Å²) in [7, 11) is 1.41. The Bertz CT molecular complexity index is 758. The minimum Gasteiger partial charge on any atom is -0.468 e. The van der Waals surface area contributed by atoms with E-state index in [4.69, 9.17) is 20.9 Å². The van der Waals surface area contributed by atoms with Crippen molar-refractivity contribution in [2.24, 2.45) is 0 Å². The summed E-state index contributed by atoms with van der Waals surface area (Å²) in [5, 5.41) is 4.43. The Balaban J connectivity index is 1.72. The minimum atomic E-state index is -0.503. The fourth-order valence-electron chi connectivity index (χ4n) is 3.30. The molecule has 1 aromatic carbocycles. The molecule has 1 saturated heterocycles. The molecule has 0 spiro atoms. The van der Waals surface area contributed by atoms with Crippen molar-refractivity contribution in [1.82, 2.24) is 19.9 Å². The van der Waals surface area contributed by atoms with Crippen molar-refractivity contribution in [3.05, 3.63) is 46.6 Å². The highest BCUT2D eigenvalue weighted by Crippen LogP contribution is 2.30. The Morgan fingerprint density at radius 3 is 2.46 bits per heavy atom. The van der Waals surface area contributed by atoms with Crippen molar-refractivity contribution in [2.45, 2.75) is 25.9 Å². The van der Waals surface area contributed by atoms with Crippen LogP contribution in [0.1, 0.15) is 36.3 Å². The van der Waals surface area contributed by atoms with Crippen LogP contribution in [0.4, 0.5) is 0 Å². The Labute approximate surface area is 157 Å². The summed E-state index contributed by atoms with van der Waals surface area (Å²) in [6.07, 6.45) is 0. The fraction of sp³-hybridized carbons (Fsp3) is 0.500. The smallest absolute Gasteiger partial charge is 0.327 e. The van der Waals surface area contributed by atoms with Gasteiger partial charge in [0.05, 0.1) is 13.2 Å². The highest BCUT2D eigenvalue weighted by atomic mass is 35.5. The van der Waals surface area contributed by atoms with Crippen LogP contribution in [-0.4, -0.2) is 59.2 Å². The van der Waals surface area contributed by atoms with Crippen LogP contribution in [0.15, 0.2) is 28.8 Å². The maximum atomic E-state index is 12.4. The molecule has 140 valence electrons. The Morgan fingerprint density at radius 1 is 1.23 bits per heavy atom. The van der Waals surface area contributed by atoms with Gasteiger partial charge in [-0.05, 0) is 25.5 Å². The number of esters is 1. The van der Waals surface area contributed by atoms with Gasteiger partial charge in [-0.1, -0.05) is 35.0 Å². The van der Waals surface area contributed by atoms with Crippen LogP contribution in [0.2, 0.25) is 5.02 Å². The van der Waals surface area contributed by atoms with Crippen molar-refractivity contribution in [3.8, 4) is 0 Å². The number of aryl methyl sites for hydroxylation is 1. The predicted octanol–water partition coefficient (Wildman–Crippen LogP) is 2.62. The van der Waals surface area contributed by atoms with E-state index in [1.54, 1.807) is 6.07 Å². The number of ether oxygens (including phenoxy) is 1. The Morgan fingerprint density at radius 2 is 1.88 bits per heavy atom. The maximum Gasteiger partial charge on any atom is 0.327 e. The molecule has 0 saturated carbocycles. The molecule has 0 N–H and O–H groups in total. The zero-order valence-corrected chi connectivity index (χ0v) is 15.9. The number of methoxy groups -OCH3 is 1. The van der Waals surface area contributed by atoms with Crippen LogP contribution < -0.4 is 0 Å². The topological polar surface area (TPSA) is 71.7 Å². The van der Waals surface area contributed by atoms with E-state index in [2.05, 4.69) is 26.9 Å². The molecule has 8 heteroatoms. The highest BCUT2D eigenvalue weighted by Gasteiger charge is 2.34. The predicted molar refractivity (Wildman–Crippen MR) is 96.8 cm³/mol.